The van der Waals surface area contributed by atoms with Gasteiger partial charge in [0, 0.05) is 31.7 Å². The van der Waals surface area contributed by atoms with E-state index in [-0.39, 0.29) is 17.0 Å². The van der Waals surface area contributed by atoms with E-state index in [4.69, 9.17) is 4.42 Å². The molecule has 10 heteroatoms. The number of piperazine rings is 1. The number of H-pyrrole nitrogens is 1. The van der Waals surface area contributed by atoms with Crippen molar-refractivity contribution >= 4 is 16.8 Å². The molecule has 1 N–H and O–H groups in total. The van der Waals surface area contributed by atoms with Crippen molar-refractivity contribution in [3.05, 3.63) is 75.2 Å². The van der Waals surface area contributed by atoms with E-state index in [2.05, 4.69) is 58.3 Å². The zero-order valence-corrected chi connectivity index (χ0v) is 22.0. The monoisotopic (exact) mass is 503 g/mol. The first kappa shape index (κ1) is 24.9. The van der Waals surface area contributed by atoms with Gasteiger partial charge in [-0.05, 0) is 79.8 Å². The summed E-state index contributed by atoms with van der Waals surface area (Å²) in [6, 6.07) is 9.03. The van der Waals surface area contributed by atoms with Gasteiger partial charge in [-0.15, -0.1) is 5.10 Å². The molecule has 1 atom stereocenters. The summed E-state index contributed by atoms with van der Waals surface area (Å²) in [6.45, 7) is 12.4. The number of furan rings is 1. The number of carbonyl (C=O) groups is 1. The number of rotatable bonds is 6. The fourth-order valence-electron chi connectivity index (χ4n) is 5.09. The topological polar surface area (TPSA) is 113 Å². The average molecular weight is 504 g/mol. The highest BCUT2D eigenvalue weighted by molar-refractivity contribution is 5.91. The molecule has 1 amide bonds. The Bertz CT molecular complexity index is 1480. The number of carbonyl (C=O) groups excluding carboxylic acids is 1. The molecule has 0 aliphatic carbocycles. The molecule has 194 valence electrons. The second kappa shape index (κ2) is 9.59. The van der Waals surface area contributed by atoms with Crippen LogP contribution in [-0.2, 0) is 5.54 Å². The summed E-state index contributed by atoms with van der Waals surface area (Å²) in [6.07, 6.45) is 2.32. The molecule has 1 aromatic carbocycles. The van der Waals surface area contributed by atoms with Gasteiger partial charge in [-0.25, -0.2) is 4.68 Å². The van der Waals surface area contributed by atoms with Gasteiger partial charge in [0.05, 0.1) is 17.3 Å². The van der Waals surface area contributed by atoms with Crippen LogP contribution in [0.4, 0.5) is 0 Å². The van der Waals surface area contributed by atoms with Crippen molar-refractivity contribution < 1.29 is 9.21 Å². The van der Waals surface area contributed by atoms with Crippen molar-refractivity contribution in [2.24, 2.45) is 0 Å². The first-order chi connectivity index (χ1) is 17.7. The number of aryl methyl sites for hydroxylation is 2. The van der Waals surface area contributed by atoms with Gasteiger partial charge in [0.2, 0.25) is 0 Å². The predicted octanol–water partition coefficient (Wildman–Crippen LogP) is 3.42. The van der Waals surface area contributed by atoms with Gasteiger partial charge in [-0.3, -0.25) is 14.5 Å². The van der Waals surface area contributed by atoms with Gasteiger partial charge in [0.15, 0.2) is 11.6 Å². The molecule has 10 nitrogen and oxygen atoms in total. The van der Waals surface area contributed by atoms with Crippen LogP contribution in [0.15, 0.2) is 45.8 Å². The summed E-state index contributed by atoms with van der Waals surface area (Å²) in [4.78, 5) is 33.5. The van der Waals surface area contributed by atoms with Crippen LogP contribution in [0.25, 0.3) is 10.9 Å². The van der Waals surface area contributed by atoms with Gasteiger partial charge in [0.25, 0.3) is 11.5 Å². The van der Waals surface area contributed by atoms with Crippen LogP contribution in [0.2, 0.25) is 0 Å². The van der Waals surface area contributed by atoms with Crippen LogP contribution < -0.4 is 5.56 Å². The summed E-state index contributed by atoms with van der Waals surface area (Å²) in [5.41, 5.74) is 3.07. The van der Waals surface area contributed by atoms with Crippen LogP contribution in [-0.4, -0.2) is 67.1 Å². The smallest absolute Gasteiger partial charge is 0.289 e. The first-order valence-electron chi connectivity index (χ1n) is 12.7. The van der Waals surface area contributed by atoms with Gasteiger partial charge in [-0.2, -0.15) is 0 Å². The molecule has 0 bridgehead atoms. The number of aromatic nitrogens is 5. The number of amides is 1. The Morgan fingerprint density at radius 3 is 2.59 bits per heavy atom. The molecule has 1 fully saturated rings. The number of hydrogen-bond acceptors (Lipinski definition) is 7. The lowest BCUT2D eigenvalue weighted by Crippen LogP contribution is -2.51. The molecule has 1 aliphatic heterocycles. The molecule has 0 spiro atoms. The van der Waals surface area contributed by atoms with E-state index < -0.39 is 6.04 Å². The van der Waals surface area contributed by atoms with Gasteiger partial charge < -0.3 is 14.3 Å². The minimum absolute atomic E-state index is 0.132. The number of nitrogens with zero attached hydrogens (tertiary/aromatic N) is 6. The van der Waals surface area contributed by atoms with Gasteiger partial charge in [0.1, 0.15) is 6.04 Å². The molecule has 0 radical (unpaired) electrons. The van der Waals surface area contributed by atoms with E-state index >= 15 is 0 Å². The zero-order chi connectivity index (χ0) is 26.3. The summed E-state index contributed by atoms with van der Waals surface area (Å²) in [7, 11) is 0. The van der Waals surface area contributed by atoms with Crippen molar-refractivity contribution in [1.29, 1.82) is 0 Å². The van der Waals surface area contributed by atoms with Crippen molar-refractivity contribution in [2.45, 2.75) is 52.6 Å². The standard InChI is InChI=1S/C27H33N7O3/c1-6-27(4,5)34-24(29-30-31-34)23(20-16-19-15-17(2)14-18(3)22(19)28-25(20)35)32-9-11-33(12-10-32)26(36)21-8-7-13-37-21/h7-8,13-16,23H,6,9-12H2,1-5H3,(H,28,35)/t23-/m0/s1. The highest BCUT2D eigenvalue weighted by Crippen LogP contribution is 2.32. The number of tetrazole rings is 1. The van der Waals surface area contributed by atoms with Crippen molar-refractivity contribution in [3.63, 3.8) is 0 Å². The Morgan fingerprint density at radius 1 is 1.16 bits per heavy atom. The minimum Gasteiger partial charge on any atom is -0.459 e. The molecule has 37 heavy (non-hydrogen) atoms. The second-order valence-corrected chi connectivity index (χ2v) is 10.4. The molecule has 3 aromatic heterocycles. The van der Waals surface area contributed by atoms with Crippen LogP contribution in [0, 0.1) is 13.8 Å². The van der Waals surface area contributed by atoms with Crippen molar-refractivity contribution in [3.8, 4) is 0 Å². The summed E-state index contributed by atoms with van der Waals surface area (Å²) >= 11 is 0. The maximum absolute atomic E-state index is 13.6. The maximum atomic E-state index is 13.6. The Kier molecular flexibility index (Phi) is 6.45. The molecule has 5 rings (SSSR count). The summed E-state index contributed by atoms with van der Waals surface area (Å²) < 4.78 is 7.15. The third-order valence-electron chi connectivity index (χ3n) is 7.49. The number of aromatic amines is 1. The summed E-state index contributed by atoms with van der Waals surface area (Å²) in [5.74, 6) is 0.815. The molecular formula is C27H33N7O3. The van der Waals surface area contributed by atoms with E-state index in [1.165, 1.54) is 6.26 Å². The fourth-order valence-corrected chi connectivity index (χ4v) is 5.09. The minimum atomic E-state index is -0.476. The quantitative estimate of drug-likeness (QED) is 0.429. The lowest BCUT2D eigenvalue weighted by molar-refractivity contribution is 0.0554. The third-order valence-corrected chi connectivity index (χ3v) is 7.49. The molecule has 0 unspecified atom stereocenters. The lowest BCUT2D eigenvalue weighted by Gasteiger charge is -2.39. The van der Waals surface area contributed by atoms with Crippen LogP contribution in [0.3, 0.4) is 0 Å². The van der Waals surface area contributed by atoms with E-state index in [9.17, 15) is 9.59 Å². The molecule has 0 saturated carbocycles. The Balaban J connectivity index is 1.57. The first-order valence-corrected chi connectivity index (χ1v) is 12.7. The number of hydrogen-bond donors (Lipinski definition) is 1. The number of fused-ring (bicyclic) bond motifs is 1. The Morgan fingerprint density at radius 2 is 1.92 bits per heavy atom. The lowest BCUT2D eigenvalue weighted by atomic mass is 9.98. The fraction of sp³-hybridized carbons (Fsp3) is 0.444. The summed E-state index contributed by atoms with van der Waals surface area (Å²) in [5, 5.41) is 13.8. The van der Waals surface area contributed by atoms with Crippen LogP contribution >= 0.6 is 0 Å². The van der Waals surface area contributed by atoms with E-state index in [1.54, 1.807) is 17.0 Å². The van der Waals surface area contributed by atoms with Crippen molar-refractivity contribution in [1.82, 2.24) is 35.0 Å². The Labute approximate surface area is 215 Å². The van der Waals surface area contributed by atoms with E-state index in [1.807, 2.05) is 24.6 Å². The van der Waals surface area contributed by atoms with Crippen LogP contribution in [0.1, 0.15) is 66.3 Å². The zero-order valence-electron chi connectivity index (χ0n) is 22.0. The molecule has 4 heterocycles. The highest BCUT2D eigenvalue weighted by atomic mass is 16.3. The van der Waals surface area contributed by atoms with Gasteiger partial charge >= 0.3 is 0 Å². The van der Waals surface area contributed by atoms with Crippen LogP contribution in [0.5, 0.6) is 0 Å². The SMILES string of the molecule is CCC(C)(C)n1nnnc1[C@H](c1cc2cc(C)cc(C)c2[nH]c1=O)N1CCN(C(=O)c2ccco2)CC1. The predicted molar refractivity (Wildman–Crippen MR) is 140 cm³/mol. The number of nitrogens with one attached hydrogen (secondary N) is 1. The van der Waals surface area contributed by atoms with Gasteiger partial charge in [-0.1, -0.05) is 18.6 Å². The molecule has 4 aromatic rings. The highest BCUT2D eigenvalue weighted by Gasteiger charge is 2.36. The maximum Gasteiger partial charge on any atom is 0.289 e. The average Bonchev–Trinajstić information content (AvgIpc) is 3.58. The molecule has 1 aliphatic rings. The Hall–Kier alpha value is -3.79. The number of pyridine rings is 1. The number of benzene rings is 1. The largest absolute Gasteiger partial charge is 0.459 e. The molecular weight excluding hydrogens is 470 g/mol. The third kappa shape index (κ3) is 4.57. The second-order valence-electron chi connectivity index (χ2n) is 10.4. The normalized spacial score (nSPS) is 15.9. The van der Waals surface area contributed by atoms with Crippen molar-refractivity contribution in [2.75, 3.05) is 26.2 Å². The molecule has 1 saturated heterocycles. The van der Waals surface area contributed by atoms with E-state index in [0.29, 0.717) is 43.3 Å². The van der Waals surface area contributed by atoms with E-state index in [0.717, 1.165) is 28.5 Å².